The van der Waals surface area contributed by atoms with Gasteiger partial charge in [-0.05, 0) is 55.5 Å². The van der Waals surface area contributed by atoms with Crippen molar-refractivity contribution in [2.24, 2.45) is 0 Å². The van der Waals surface area contributed by atoms with E-state index in [1.807, 2.05) is 73.8 Å². The number of carbonyl (C=O) groups excluding carboxylic acids is 2. The molecule has 146 valence electrons. The molecule has 2 heterocycles. The van der Waals surface area contributed by atoms with Crippen molar-refractivity contribution < 1.29 is 9.59 Å². The number of benzene rings is 2. The van der Waals surface area contributed by atoms with Crippen molar-refractivity contribution >= 4 is 46.3 Å². The van der Waals surface area contributed by atoms with E-state index in [-0.39, 0.29) is 11.9 Å². The molecule has 7 nitrogen and oxygen atoms in total. The third kappa shape index (κ3) is 4.14. The molecule has 1 aromatic heterocycles. The summed E-state index contributed by atoms with van der Waals surface area (Å²) in [4.78, 5) is 27.1. The molecule has 0 unspecified atom stereocenters. The van der Waals surface area contributed by atoms with Crippen LogP contribution in [0.4, 0.5) is 27.5 Å². The van der Waals surface area contributed by atoms with Crippen LogP contribution in [0.25, 0.3) is 11.6 Å². The molecule has 0 saturated carbocycles. The fourth-order valence-electron chi connectivity index (χ4n) is 3.18. The van der Waals surface area contributed by atoms with Gasteiger partial charge in [-0.25, -0.2) is 4.79 Å². The summed E-state index contributed by atoms with van der Waals surface area (Å²) < 4.78 is 0. The Hall–Kier alpha value is -4.00. The molecule has 0 aliphatic carbocycles. The number of carbonyl (C=O) groups is 2. The Kier molecular flexibility index (Phi) is 5.03. The number of nitrogens with one attached hydrogen (secondary N) is 5. The van der Waals surface area contributed by atoms with E-state index in [4.69, 9.17) is 0 Å². The summed E-state index contributed by atoms with van der Waals surface area (Å²) in [6, 6.07) is 16.7. The molecular weight excluding hydrogens is 366 g/mol. The van der Waals surface area contributed by atoms with Crippen molar-refractivity contribution in [3.8, 4) is 0 Å². The van der Waals surface area contributed by atoms with E-state index >= 15 is 0 Å². The van der Waals surface area contributed by atoms with E-state index in [1.54, 1.807) is 0 Å². The van der Waals surface area contributed by atoms with Crippen LogP contribution in [0.5, 0.6) is 0 Å². The van der Waals surface area contributed by atoms with E-state index in [0.717, 1.165) is 28.3 Å². The Morgan fingerprint density at radius 2 is 1.86 bits per heavy atom. The zero-order valence-corrected chi connectivity index (χ0v) is 15.9. The summed E-state index contributed by atoms with van der Waals surface area (Å²) >= 11 is 0. The molecular formula is C22H21N5O2. The summed E-state index contributed by atoms with van der Waals surface area (Å²) in [6.07, 6.45) is 3.66. The van der Waals surface area contributed by atoms with Crippen LogP contribution < -0.4 is 21.3 Å². The van der Waals surface area contributed by atoms with Crippen molar-refractivity contribution in [1.82, 2.24) is 10.3 Å². The van der Waals surface area contributed by atoms with Gasteiger partial charge < -0.3 is 26.3 Å². The normalized spacial score (nSPS) is 13.7. The summed E-state index contributed by atoms with van der Waals surface area (Å²) in [6.45, 7) is 2.42. The number of rotatable bonds is 5. The minimum Gasteiger partial charge on any atom is -0.362 e. The molecule has 0 spiro atoms. The zero-order valence-electron chi connectivity index (χ0n) is 15.9. The number of hydrogen-bond donors (Lipinski definition) is 5. The molecule has 0 saturated heterocycles. The highest BCUT2D eigenvalue weighted by atomic mass is 16.2. The van der Waals surface area contributed by atoms with Crippen molar-refractivity contribution in [2.75, 3.05) is 22.5 Å². The molecule has 3 aromatic rings. The third-order valence-electron chi connectivity index (χ3n) is 4.47. The number of hydrogen-bond acceptors (Lipinski definition) is 3. The molecule has 1 aliphatic heterocycles. The van der Waals surface area contributed by atoms with Crippen LogP contribution >= 0.6 is 0 Å². The van der Waals surface area contributed by atoms with Gasteiger partial charge >= 0.3 is 6.03 Å². The highest BCUT2D eigenvalue weighted by Crippen LogP contribution is 2.35. The van der Waals surface area contributed by atoms with Crippen LogP contribution in [0.15, 0.2) is 60.8 Å². The first-order chi connectivity index (χ1) is 14.1. The predicted molar refractivity (Wildman–Crippen MR) is 116 cm³/mol. The van der Waals surface area contributed by atoms with E-state index in [1.165, 1.54) is 0 Å². The van der Waals surface area contributed by atoms with Crippen molar-refractivity contribution in [2.45, 2.75) is 6.92 Å². The first-order valence-electron chi connectivity index (χ1n) is 9.35. The second kappa shape index (κ2) is 7.93. The maximum absolute atomic E-state index is 12.4. The molecule has 0 bridgehead atoms. The Bertz CT molecular complexity index is 1090. The standard InChI is InChI=1S/C22H21N5O2/c1-2-23-22(29)26-16-6-3-5-15(11-16)25-17-8-9-18-19(12-14-7-4-10-24-14)21(28)27-20(18)13-17/h3-13,24-25H,2H2,1H3,(H,27,28)(H2,23,26,29). The first-order valence-corrected chi connectivity index (χ1v) is 9.35. The highest BCUT2D eigenvalue weighted by Gasteiger charge is 2.24. The van der Waals surface area contributed by atoms with Crippen LogP contribution in [-0.2, 0) is 4.79 Å². The molecule has 5 N–H and O–H groups in total. The van der Waals surface area contributed by atoms with Crippen LogP contribution in [0.1, 0.15) is 18.2 Å². The monoisotopic (exact) mass is 387 g/mol. The van der Waals surface area contributed by atoms with Crippen molar-refractivity contribution in [3.63, 3.8) is 0 Å². The molecule has 29 heavy (non-hydrogen) atoms. The highest BCUT2D eigenvalue weighted by molar-refractivity contribution is 6.35. The lowest BCUT2D eigenvalue weighted by Crippen LogP contribution is -2.28. The number of aromatic amines is 1. The Balaban J connectivity index is 1.53. The summed E-state index contributed by atoms with van der Waals surface area (Å²) in [7, 11) is 0. The van der Waals surface area contributed by atoms with Crippen molar-refractivity contribution in [3.05, 3.63) is 72.1 Å². The molecule has 7 heteroatoms. The summed E-state index contributed by atoms with van der Waals surface area (Å²) in [5, 5.41) is 11.7. The minimum atomic E-state index is -0.244. The van der Waals surface area contributed by atoms with Gasteiger partial charge in [-0.3, -0.25) is 4.79 Å². The van der Waals surface area contributed by atoms with Gasteiger partial charge in [0, 0.05) is 41.1 Å². The first kappa shape index (κ1) is 18.4. The fraction of sp³-hybridized carbons (Fsp3) is 0.0909. The molecule has 0 fully saturated rings. The van der Waals surface area contributed by atoms with Gasteiger partial charge in [-0.1, -0.05) is 12.1 Å². The van der Waals surface area contributed by atoms with E-state index in [9.17, 15) is 9.59 Å². The van der Waals surface area contributed by atoms with Gasteiger partial charge in [0.15, 0.2) is 0 Å². The zero-order chi connectivity index (χ0) is 20.2. The molecule has 4 rings (SSSR count). The number of anilines is 4. The van der Waals surface area contributed by atoms with Gasteiger partial charge in [0.05, 0.1) is 11.3 Å². The molecule has 2 aromatic carbocycles. The fourth-order valence-corrected chi connectivity index (χ4v) is 3.18. The molecule has 0 atom stereocenters. The molecule has 1 aliphatic rings. The van der Waals surface area contributed by atoms with Crippen LogP contribution in [0.3, 0.4) is 0 Å². The number of urea groups is 1. The minimum absolute atomic E-state index is 0.125. The summed E-state index contributed by atoms with van der Waals surface area (Å²) in [5.74, 6) is -0.125. The molecule has 3 amide bonds. The van der Waals surface area contributed by atoms with Crippen molar-refractivity contribution in [1.29, 1.82) is 0 Å². The Morgan fingerprint density at radius 3 is 2.66 bits per heavy atom. The van der Waals surface area contributed by atoms with Gasteiger partial charge in [-0.2, -0.15) is 0 Å². The second-order valence-corrected chi connectivity index (χ2v) is 6.59. The average molecular weight is 387 g/mol. The Labute approximate surface area is 168 Å². The third-order valence-corrected chi connectivity index (χ3v) is 4.47. The quantitative estimate of drug-likeness (QED) is 0.420. The van der Waals surface area contributed by atoms with Crippen LogP contribution in [0.2, 0.25) is 0 Å². The smallest absolute Gasteiger partial charge is 0.319 e. The SMILES string of the molecule is CCNC(=O)Nc1cccc(Nc2ccc3c(c2)NC(=O)C3=Cc2ccc[nH]2)c1. The number of aromatic nitrogens is 1. The Morgan fingerprint density at radius 1 is 1.03 bits per heavy atom. The van der Waals surface area contributed by atoms with Crippen LogP contribution in [0, 0.1) is 0 Å². The number of fused-ring (bicyclic) bond motifs is 1. The summed E-state index contributed by atoms with van der Waals surface area (Å²) in [5.41, 5.74) is 5.47. The number of amides is 3. The lowest BCUT2D eigenvalue weighted by Gasteiger charge is -2.11. The van der Waals surface area contributed by atoms with Gasteiger partial charge in [-0.15, -0.1) is 0 Å². The van der Waals surface area contributed by atoms with Gasteiger partial charge in [0.25, 0.3) is 5.91 Å². The molecule has 0 radical (unpaired) electrons. The lowest BCUT2D eigenvalue weighted by atomic mass is 10.1. The van der Waals surface area contributed by atoms with E-state index in [2.05, 4.69) is 26.3 Å². The number of H-pyrrole nitrogens is 1. The maximum Gasteiger partial charge on any atom is 0.319 e. The lowest BCUT2D eigenvalue weighted by molar-refractivity contribution is -0.110. The maximum atomic E-state index is 12.4. The van der Waals surface area contributed by atoms with Gasteiger partial charge in [0.2, 0.25) is 0 Å². The van der Waals surface area contributed by atoms with E-state index < -0.39 is 0 Å². The average Bonchev–Trinajstić information content (AvgIpc) is 3.30. The predicted octanol–water partition coefficient (Wildman–Crippen LogP) is 4.39. The second-order valence-electron chi connectivity index (χ2n) is 6.59. The van der Waals surface area contributed by atoms with Crippen LogP contribution in [-0.4, -0.2) is 23.5 Å². The topological polar surface area (TPSA) is 98.0 Å². The van der Waals surface area contributed by atoms with Gasteiger partial charge in [0.1, 0.15) is 0 Å². The largest absolute Gasteiger partial charge is 0.362 e. The van der Waals surface area contributed by atoms with E-state index in [0.29, 0.717) is 17.8 Å².